The molecule has 0 spiro atoms. The second-order valence-corrected chi connectivity index (χ2v) is 21.7. The number of carboxylic acid groups (broad SMARTS) is 4. The maximum atomic E-state index is 14.4. The van der Waals surface area contributed by atoms with Gasteiger partial charge < -0.3 is 98.4 Å². The van der Waals surface area contributed by atoms with Crippen molar-refractivity contribution in [1.82, 2.24) is 61.6 Å². The molecule has 0 fully saturated rings. The van der Waals surface area contributed by atoms with Crippen molar-refractivity contribution in [2.45, 2.75) is 69.1 Å². The number of nitrogens with two attached hydrogens (primary N) is 3. The molecular weight excluding hydrogens is 1250 g/mol. The van der Waals surface area contributed by atoms with E-state index in [1.54, 1.807) is 36.5 Å². The molecular formula is C60H88N16O19. The summed E-state index contributed by atoms with van der Waals surface area (Å²) in [6.45, 7) is -1.65. The predicted octanol–water partition coefficient (Wildman–Crippen LogP) is -4.28. The van der Waals surface area contributed by atoms with Crippen molar-refractivity contribution in [3.05, 3.63) is 90.1 Å². The molecule has 0 bridgehead atoms. The van der Waals surface area contributed by atoms with Crippen molar-refractivity contribution >= 4 is 82.1 Å². The van der Waals surface area contributed by atoms with E-state index in [4.69, 9.17) is 46.4 Å². The highest BCUT2D eigenvalue weighted by Gasteiger charge is 2.32. The fourth-order valence-electron chi connectivity index (χ4n) is 9.37. The van der Waals surface area contributed by atoms with Crippen molar-refractivity contribution in [3.63, 3.8) is 0 Å². The minimum absolute atomic E-state index is 0.00237. The lowest BCUT2D eigenvalue weighted by Crippen LogP contribution is -2.59. The highest BCUT2D eigenvalue weighted by atomic mass is 16.5. The Hall–Kier alpha value is -9.65. The third-order valence-electron chi connectivity index (χ3n) is 13.9. The molecule has 0 aliphatic carbocycles. The lowest BCUT2D eigenvalue weighted by Gasteiger charge is -2.27. The maximum absolute atomic E-state index is 14.4. The number of fused-ring (bicyclic) bond motifs is 1. The number of H-pyrrole nitrogens is 2. The van der Waals surface area contributed by atoms with Crippen molar-refractivity contribution in [2.24, 2.45) is 22.2 Å². The number of para-hydroxylation sites is 1. The second-order valence-electron chi connectivity index (χ2n) is 21.7. The lowest BCUT2D eigenvalue weighted by atomic mass is 10.0. The molecule has 18 N–H and O–H groups in total. The van der Waals surface area contributed by atoms with E-state index < -0.39 is 129 Å². The van der Waals surface area contributed by atoms with E-state index >= 15 is 0 Å². The molecule has 2 heterocycles. The molecule has 0 aliphatic rings. The summed E-state index contributed by atoms with van der Waals surface area (Å²) < 4.78 is 22.0. The van der Waals surface area contributed by atoms with Crippen LogP contribution in [0.15, 0.2) is 78.3 Å². The number of ether oxygens (including phenoxy) is 4. The third kappa shape index (κ3) is 33.7. The normalized spacial score (nSPS) is 12.5. The van der Waals surface area contributed by atoms with Crippen LogP contribution in [0.2, 0.25) is 0 Å². The van der Waals surface area contributed by atoms with Crippen LogP contribution >= 0.6 is 0 Å². The molecule has 522 valence electrons. The number of aromatic nitrogens is 3. The topological polar surface area (TPSA) is 522 Å². The number of aromatic amines is 2. The van der Waals surface area contributed by atoms with Crippen LogP contribution in [-0.4, -0.2) is 277 Å². The smallest absolute Gasteiger partial charge is 0.317 e. The Labute approximate surface area is 546 Å². The standard InChI is InChI=1S/C60H88N16O19/c61-56(88)46(28-41-30-68-44-12-5-4-11-43(41)44)72-57(89)45(13-6-14-67-60(62)63)71-58(90)47(27-40-9-2-1-3-10-40)73-59(91)48(29-42-31-64-39-69-42)70-51(79)38-95-37-50(78)66-16-8-22-93-24-26-94-25-23-92-21-7-15-65-49(77)32-75(34-53(82)83)19-17-74(33-52(80)81)18-20-76(35-54(84)85)36-55(86)87/h1-5,9-12,30-31,39,45-48,68H,6-8,13-29,32-38H2,(H2,61,88)(H,64,69)(H,65,77)(H,66,78)(H,70,79)(H,71,90)(H,72,89)(H,73,91)(H,80,81)(H,82,83)(H,84,85)(H,86,87)(H4,62,63,67)/t45-,46-,47+,48-/m0/s1. The Kier molecular flexibility index (Phi) is 36.1. The Morgan fingerprint density at radius 1 is 0.516 bits per heavy atom. The van der Waals surface area contributed by atoms with Crippen LogP contribution in [0.25, 0.3) is 10.9 Å². The van der Waals surface area contributed by atoms with Crippen LogP contribution in [0.1, 0.15) is 42.5 Å². The van der Waals surface area contributed by atoms with E-state index in [9.17, 15) is 63.0 Å². The summed E-state index contributed by atoms with van der Waals surface area (Å²) in [5, 5.41) is 53.8. The number of amides is 7. The van der Waals surface area contributed by atoms with Gasteiger partial charge in [-0.1, -0.05) is 48.5 Å². The number of rotatable bonds is 52. The SMILES string of the molecule is NC(=O)[C@H](Cc1c[nH]c2ccccc12)NC(=O)[C@H](CCCN=C(N)N)NC(=O)[C@@H](Cc1ccccc1)NC(=O)[C@H](Cc1cnc[nH]1)NC(=O)COCC(=O)NCCCOCCOCCOCCCNC(=O)CN(CCN(CCN(CC(=O)O)CC(=O)O)CC(=O)O)CC(=O)O. The molecule has 0 saturated heterocycles. The summed E-state index contributed by atoms with van der Waals surface area (Å²) in [6, 6.07) is 11.1. The summed E-state index contributed by atoms with van der Waals surface area (Å²) in [5.74, 6) is -10.0. The number of hydrogen-bond donors (Lipinski definition) is 15. The number of hydrogen-bond acceptors (Lipinski definition) is 20. The van der Waals surface area contributed by atoms with Crippen molar-refractivity contribution in [1.29, 1.82) is 0 Å². The average molecular weight is 1340 g/mol. The summed E-state index contributed by atoms with van der Waals surface area (Å²) in [5.41, 5.74) is 19.5. The van der Waals surface area contributed by atoms with Gasteiger partial charge in [-0.25, -0.2) is 4.98 Å². The van der Waals surface area contributed by atoms with Gasteiger partial charge in [-0.2, -0.15) is 0 Å². The Balaban J connectivity index is 1.14. The number of carboxylic acids is 4. The summed E-state index contributed by atoms with van der Waals surface area (Å²) in [7, 11) is 0. The van der Waals surface area contributed by atoms with Gasteiger partial charge in [-0.05, 0) is 42.9 Å². The molecule has 0 aliphatic heterocycles. The van der Waals surface area contributed by atoms with E-state index in [1.807, 2.05) is 24.3 Å². The number of guanidine groups is 1. The highest BCUT2D eigenvalue weighted by molar-refractivity contribution is 5.96. The Morgan fingerprint density at radius 2 is 1.02 bits per heavy atom. The van der Waals surface area contributed by atoms with Gasteiger partial charge in [-0.3, -0.25) is 72.4 Å². The largest absolute Gasteiger partial charge is 0.480 e. The van der Waals surface area contributed by atoms with Gasteiger partial charge in [0.1, 0.15) is 37.4 Å². The molecule has 0 saturated carbocycles. The molecule has 2 aromatic carbocycles. The van der Waals surface area contributed by atoms with Gasteiger partial charge in [0.15, 0.2) is 5.96 Å². The van der Waals surface area contributed by atoms with Crippen LogP contribution < -0.4 is 49.1 Å². The zero-order valence-electron chi connectivity index (χ0n) is 52.7. The molecule has 7 amide bonds. The monoisotopic (exact) mass is 1340 g/mol. The van der Waals surface area contributed by atoms with Crippen molar-refractivity contribution < 1.29 is 92.1 Å². The van der Waals surface area contributed by atoms with Crippen LogP contribution in [0, 0.1) is 0 Å². The average Bonchev–Trinajstić information content (AvgIpc) is 1.77. The molecule has 0 unspecified atom stereocenters. The van der Waals surface area contributed by atoms with Crippen LogP contribution in [0.3, 0.4) is 0 Å². The number of benzene rings is 2. The first-order chi connectivity index (χ1) is 45.5. The summed E-state index contributed by atoms with van der Waals surface area (Å²) >= 11 is 0. The number of imidazole rings is 1. The van der Waals surface area contributed by atoms with Crippen molar-refractivity contribution in [2.75, 3.05) is 131 Å². The number of aliphatic imine (C=N–C) groups is 1. The van der Waals surface area contributed by atoms with E-state index in [1.165, 1.54) is 22.3 Å². The molecule has 4 atom stereocenters. The Morgan fingerprint density at radius 3 is 1.60 bits per heavy atom. The number of carbonyl (C=O) groups is 11. The first-order valence-electron chi connectivity index (χ1n) is 30.5. The summed E-state index contributed by atoms with van der Waals surface area (Å²) in [4.78, 5) is 157. The van der Waals surface area contributed by atoms with Gasteiger partial charge in [0.05, 0.1) is 65.5 Å². The quantitative estimate of drug-likeness (QED) is 0.0113. The fourth-order valence-corrected chi connectivity index (χ4v) is 9.37. The summed E-state index contributed by atoms with van der Waals surface area (Å²) in [6.07, 6.45) is 5.51. The minimum atomic E-state index is -1.32. The highest BCUT2D eigenvalue weighted by Crippen LogP contribution is 2.19. The second kappa shape index (κ2) is 44.0. The van der Waals surface area contributed by atoms with Crippen LogP contribution in [-0.2, 0) is 90.9 Å². The first-order valence-corrected chi connectivity index (χ1v) is 30.5. The first kappa shape index (κ1) is 77.8. The van der Waals surface area contributed by atoms with Crippen molar-refractivity contribution in [3.8, 4) is 0 Å². The van der Waals surface area contributed by atoms with Crippen LogP contribution in [0.4, 0.5) is 0 Å². The number of aliphatic carboxylic acids is 4. The molecule has 4 rings (SSSR count). The molecule has 2 aromatic heterocycles. The zero-order valence-corrected chi connectivity index (χ0v) is 52.7. The molecule has 35 nitrogen and oxygen atoms in total. The van der Waals surface area contributed by atoms with E-state index in [0.29, 0.717) is 24.1 Å². The number of carbonyl (C=O) groups excluding carboxylic acids is 7. The number of nitrogens with zero attached hydrogens (tertiary/aromatic N) is 5. The predicted molar refractivity (Wildman–Crippen MR) is 340 cm³/mol. The Bertz CT molecular complexity index is 3080. The van der Waals surface area contributed by atoms with E-state index in [2.05, 4.69) is 51.8 Å². The molecule has 4 aromatic rings. The zero-order chi connectivity index (χ0) is 69.3. The molecule has 0 radical (unpaired) electrons. The van der Waals surface area contributed by atoms with Gasteiger partial charge in [0, 0.05) is 107 Å². The fraction of sp³-hybridized carbons (Fsp3) is 0.517. The third-order valence-corrected chi connectivity index (χ3v) is 13.9. The lowest BCUT2D eigenvalue weighted by molar-refractivity contribution is -0.143. The molecule has 95 heavy (non-hydrogen) atoms. The minimum Gasteiger partial charge on any atom is -0.480 e. The van der Waals surface area contributed by atoms with Gasteiger partial charge >= 0.3 is 23.9 Å². The number of nitrogens with one attached hydrogen (secondary N) is 8. The van der Waals surface area contributed by atoms with Gasteiger partial charge in [0.25, 0.3) is 0 Å². The van der Waals surface area contributed by atoms with Gasteiger partial charge in [-0.15, -0.1) is 0 Å². The van der Waals surface area contributed by atoms with Crippen LogP contribution in [0.5, 0.6) is 0 Å². The van der Waals surface area contributed by atoms with E-state index in [0.717, 1.165) is 21.4 Å². The number of primary amides is 1. The molecule has 35 heteroatoms. The van der Waals surface area contributed by atoms with Gasteiger partial charge in [0.2, 0.25) is 41.4 Å². The van der Waals surface area contributed by atoms with E-state index in [-0.39, 0.29) is 130 Å². The maximum Gasteiger partial charge on any atom is 0.317 e.